The fourth-order valence-electron chi connectivity index (χ4n) is 5.79. The minimum absolute atomic E-state index is 0.0979. The van der Waals surface area contributed by atoms with E-state index in [1.165, 1.54) is 35.7 Å². The molecule has 6 nitrogen and oxygen atoms in total. The summed E-state index contributed by atoms with van der Waals surface area (Å²) in [6, 6.07) is 4.00. The van der Waals surface area contributed by atoms with E-state index < -0.39 is 32.7 Å². The number of hydrogen-bond acceptors (Lipinski definition) is 4. The van der Waals surface area contributed by atoms with Crippen molar-refractivity contribution in [3.8, 4) is 0 Å². The largest absolute Gasteiger partial charge is 0.417 e. The third-order valence-corrected chi connectivity index (χ3v) is 9.83. The molecule has 1 amide bonds. The van der Waals surface area contributed by atoms with Crippen LogP contribution in [0.3, 0.4) is 0 Å². The Bertz CT molecular complexity index is 999. The number of nitrogens with zero attached hydrogens (tertiary/aromatic N) is 3. The van der Waals surface area contributed by atoms with E-state index in [0.717, 1.165) is 38.1 Å². The van der Waals surface area contributed by atoms with Crippen LogP contribution in [-0.4, -0.2) is 72.7 Å². The van der Waals surface area contributed by atoms with Gasteiger partial charge in [-0.25, -0.2) is 8.42 Å². The number of sulfonamides is 1. The zero-order valence-electron chi connectivity index (χ0n) is 21.0. The van der Waals surface area contributed by atoms with Gasteiger partial charge in [-0.05, 0) is 70.2 Å². The average Bonchev–Trinajstić information content (AvgIpc) is 3.69. The first-order chi connectivity index (χ1) is 17.1. The molecule has 0 spiro atoms. The van der Waals surface area contributed by atoms with Gasteiger partial charge in [0.2, 0.25) is 15.9 Å². The van der Waals surface area contributed by atoms with E-state index in [2.05, 4.69) is 11.8 Å². The van der Waals surface area contributed by atoms with Crippen LogP contribution in [0.15, 0.2) is 29.2 Å². The molecule has 0 N–H and O–H groups in total. The monoisotopic (exact) mass is 529 g/mol. The molecule has 36 heavy (non-hydrogen) atoms. The minimum Gasteiger partial charge on any atom is -0.343 e. The molecular formula is C26H38F3N3O3S. The second kappa shape index (κ2) is 11.4. The summed E-state index contributed by atoms with van der Waals surface area (Å²) in [6.45, 7) is 5.07. The van der Waals surface area contributed by atoms with E-state index >= 15 is 0 Å². The second-order valence-corrected chi connectivity index (χ2v) is 12.2. The summed E-state index contributed by atoms with van der Waals surface area (Å²) in [5.41, 5.74) is -1.12. The quantitative estimate of drug-likeness (QED) is 0.457. The van der Waals surface area contributed by atoms with Gasteiger partial charge in [0.1, 0.15) is 0 Å². The van der Waals surface area contributed by atoms with Crippen molar-refractivity contribution in [1.82, 2.24) is 14.1 Å². The number of piperidine rings is 2. The Labute approximate surface area is 212 Å². The van der Waals surface area contributed by atoms with Gasteiger partial charge < -0.3 is 4.90 Å². The summed E-state index contributed by atoms with van der Waals surface area (Å²) in [4.78, 5) is 16.8. The van der Waals surface area contributed by atoms with Gasteiger partial charge in [0.25, 0.3) is 0 Å². The summed E-state index contributed by atoms with van der Waals surface area (Å²) in [5.74, 6) is 0.0979. The van der Waals surface area contributed by atoms with Crippen LogP contribution in [0.2, 0.25) is 0 Å². The van der Waals surface area contributed by atoms with Crippen LogP contribution in [0.25, 0.3) is 0 Å². The third kappa shape index (κ3) is 6.25. The van der Waals surface area contributed by atoms with Gasteiger partial charge in [0.05, 0.1) is 10.5 Å². The molecule has 1 atom stereocenters. The maximum absolute atomic E-state index is 13.6. The third-order valence-electron chi connectivity index (χ3n) is 7.77. The van der Waals surface area contributed by atoms with Crippen molar-refractivity contribution in [3.63, 3.8) is 0 Å². The zero-order chi connectivity index (χ0) is 25.9. The maximum Gasteiger partial charge on any atom is 0.417 e. The Balaban J connectivity index is 1.43. The van der Waals surface area contributed by atoms with Crippen molar-refractivity contribution < 1.29 is 26.4 Å². The fraction of sp³-hybridized carbons (Fsp3) is 0.731. The number of alkyl halides is 3. The fourth-order valence-corrected chi connectivity index (χ4v) is 7.94. The first-order valence-corrected chi connectivity index (χ1v) is 14.8. The van der Waals surface area contributed by atoms with Gasteiger partial charge >= 0.3 is 6.18 Å². The van der Waals surface area contributed by atoms with E-state index in [1.807, 2.05) is 4.90 Å². The standard InChI is InChI=1S/C26H38F3N3O3S/c1-2-8-22(30-15-6-3-7-16-30)19-25(33)31-17-13-21(14-18-31)32(20-11-12-20)36(34,35)24-10-5-4-9-23(24)26(27,28)29/h4-5,9-10,20-22H,2-3,6-8,11-19H2,1H3. The maximum atomic E-state index is 13.6. The molecule has 0 bridgehead atoms. The predicted molar refractivity (Wildman–Crippen MR) is 132 cm³/mol. The molecule has 2 heterocycles. The first-order valence-electron chi connectivity index (χ1n) is 13.3. The highest BCUT2D eigenvalue weighted by Gasteiger charge is 2.46. The lowest BCUT2D eigenvalue weighted by molar-refractivity contribution is -0.140. The molecule has 10 heteroatoms. The molecular weight excluding hydrogens is 491 g/mol. The molecule has 1 aromatic carbocycles. The van der Waals surface area contributed by atoms with Gasteiger partial charge in [0.15, 0.2) is 0 Å². The topological polar surface area (TPSA) is 60.9 Å². The lowest BCUT2D eigenvalue weighted by Crippen LogP contribution is -2.50. The average molecular weight is 530 g/mol. The molecule has 1 saturated carbocycles. The number of benzene rings is 1. The number of hydrogen-bond donors (Lipinski definition) is 0. The van der Waals surface area contributed by atoms with Gasteiger partial charge in [0, 0.05) is 37.6 Å². The van der Waals surface area contributed by atoms with Crippen LogP contribution in [-0.2, 0) is 21.0 Å². The van der Waals surface area contributed by atoms with Gasteiger partial charge in [-0.3, -0.25) is 9.69 Å². The zero-order valence-corrected chi connectivity index (χ0v) is 21.9. The van der Waals surface area contributed by atoms with E-state index in [-0.39, 0.29) is 18.0 Å². The molecule has 202 valence electrons. The Kier molecular flexibility index (Phi) is 8.67. The van der Waals surface area contributed by atoms with Gasteiger partial charge in [-0.15, -0.1) is 0 Å². The van der Waals surface area contributed by atoms with E-state index in [0.29, 0.717) is 45.2 Å². The second-order valence-electron chi connectivity index (χ2n) is 10.4. The number of likely N-dealkylation sites (tertiary alicyclic amines) is 2. The summed E-state index contributed by atoms with van der Waals surface area (Å²) in [7, 11) is -4.33. The summed E-state index contributed by atoms with van der Waals surface area (Å²) < 4.78 is 69.2. The van der Waals surface area contributed by atoms with Gasteiger partial charge in [-0.2, -0.15) is 17.5 Å². The van der Waals surface area contributed by atoms with Crippen molar-refractivity contribution in [2.24, 2.45) is 0 Å². The van der Waals surface area contributed by atoms with Crippen molar-refractivity contribution >= 4 is 15.9 Å². The number of rotatable bonds is 9. The minimum atomic E-state index is -4.75. The highest BCUT2D eigenvalue weighted by Crippen LogP contribution is 2.41. The van der Waals surface area contributed by atoms with E-state index in [9.17, 15) is 26.4 Å². The molecule has 3 aliphatic rings. The number of halogens is 3. The van der Waals surface area contributed by atoms with Crippen LogP contribution in [0.4, 0.5) is 13.2 Å². The lowest BCUT2D eigenvalue weighted by Gasteiger charge is -2.40. The van der Waals surface area contributed by atoms with Crippen molar-refractivity contribution in [3.05, 3.63) is 29.8 Å². The molecule has 2 saturated heterocycles. The van der Waals surface area contributed by atoms with Gasteiger partial charge in [-0.1, -0.05) is 31.9 Å². The Morgan fingerprint density at radius 2 is 1.61 bits per heavy atom. The predicted octanol–water partition coefficient (Wildman–Crippen LogP) is 4.89. The van der Waals surface area contributed by atoms with E-state index in [4.69, 9.17) is 0 Å². The number of amides is 1. The van der Waals surface area contributed by atoms with Crippen molar-refractivity contribution in [1.29, 1.82) is 0 Å². The van der Waals surface area contributed by atoms with Crippen LogP contribution in [0, 0.1) is 0 Å². The molecule has 0 aromatic heterocycles. The summed E-state index contributed by atoms with van der Waals surface area (Å²) >= 11 is 0. The van der Waals surface area contributed by atoms with Crippen molar-refractivity contribution in [2.75, 3.05) is 26.2 Å². The normalized spacial score (nSPS) is 21.6. The number of carbonyl (C=O) groups excluding carboxylic acids is 1. The van der Waals surface area contributed by atoms with E-state index in [1.54, 1.807) is 0 Å². The molecule has 3 fully saturated rings. The highest BCUT2D eigenvalue weighted by atomic mass is 32.2. The molecule has 4 rings (SSSR count). The SMILES string of the molecule is CCCC(CC(=O)N1CCC(N(C2CC2)S(=O)(=O)c2ccccc2C(F)(F)F)CC1)N1CCCCC1. The smallest absolute Gasteiger partial charge is 0.343 e. The Hall–Kier alpha value is -1.65. The molecule has 1 aromatic rings. The summed E-state index contributed by atoms with van der Waals surface area (Å²) in [5, 5.41) is 0. The Morgan fingerprint density at radius 3 is 2.19 bits per heavy atom. The molecule has 1 unspecified atom stereocenters. The van der Waals surface area contributed by atoms with Crippen molar-refractivity contribution in [2.45, 2.75) is 100 Å². The van der Waals surface area contributed by atoms with Crippen LogP contribution in [0.5, 0.6) is 0 Å². The summed E-state index contributed by atoms with van der Waals surface area (Å²) in [6.07, 6.45) is 3.49. The first kappa shape index (κ1) is 27.4. The molecule has 1 aliphatic carbocycles. The molecule has 0 radical (unpaired) electrons. The lowest BCUT2D eigenvalue weighted by atomic mass is 10.00. The van der Waals surface area contributed by atoms with Crippen LogP contribution in [0.1, 0.15) is 76.7 Å². The number of carbonyl (C=O) groups is 1. The Morgan fingerprint density at radius 1 is 1.00 bits per heavy atom. The molecule has 2 aliphatic heterocycles. The van der Waals surface area contributed by atoms with Crippen LogP contribution < -0.4 is 0 Å². The highest BCUT2D eigenvalue weighted by molar-refractivity contribution is 7.89. The van der Waals surface area contributed by atoms with Crippen LogP contribution >= 0.6 is 0 Å².